The van der Waals surface area contributed by atoms with E-state index < -0.39 is 0 Å². The second-order valence-electron chi connectivity index (χ2n) is 3.27. The molecule has 1 atom stereocenters. The van der Waals surface area contributed by atoms with Gasteiger partial charge in [-0.3, -0.25) is 4.57 Å². The smallest absolute Gasteiger partial charge is 0.224 e. The number of nitrogens with zero attached hydrogens (tertiary/aromatic N) is 3. The van der Waals surface area contributed by atoms with Gasteiger partial charge in [0.2, 0.25) is 5.95 Å². The first kappa shape index (κ1) is 9.79. The summed E-state index contributed by atoms with van der Waals surface area (Å²) in [5.74, 6) is 4.10. The summed E-state index contributed by atoms with van der Waals surface area (Å²) in [6.07, 6.45) is 0. The zero-order valence-electron chi connectivity index (χ0n) is 8.45. The van der Waals surface area contributed by atoms with Gasteiger partial charge in [-0.15, -0.1) is 10.2 Å². The van der Waals surface area contributed by atoms with Gasteiger partial charge in [-0.2, -0.15) is 11.8 Å². The molecule has 0 bridgehead atoms. The summed E-state index contributed by atoms with van der Waals surface area (Å²) in [5.41, 5.74) is 0. The predicted octanol–water partition coefficient (Wildman–Crippen LogP) is 0.234. The van der Waals surface area contributed by atoms with E-state index >= 15 is 0 Å². The topological polar surface area (TPSA) is 54.8 Å². The Morgan fingerprint density at radius 3 is 3.00 bits per heavy atom. The van der Waals surface area contributed by atoms with Crippen LogP contribution in [0.2, 0.25) is 0 Å². The van der Waals surface area contributed by atoms with Crippen LogP contribution in [0.3, 0.4) is 0 Å². The third-order valence-electron chi connectivity index (χ3n) is 2.37. The van der Waals surface area contributed by atoms with E-state index in [1.807, 2.05) is 30.4 Å². The van der Waals surface area contributed by atoms with Gasteiger partial charge in [-0.1, -0.05) is 0 Å². The predicted molar refractivity (Wildman–Crippen MR) is 58.6 cm³/mol. The summed E-state index contributed by atoms with van der Waals surface area (Å²) in [7, 11) is 3.85. The lowest BCUT2D eigenvalue weighted by molar-refractivity contribution is 0.545. The van der Waals surface area contributed by atoms with Gasteiger partial charge in [0, 0.05) is 32.1 Å². The highest BCUT2D eigenvalue weighted by atomic mass is 32.2. The molecule has 0 amide bonds. The zero-order valence-corrected chi connectivity index (χ0v) is 9.27. The summed E-state index contributed by atoms with van der Waals surface area (Å²) < 4.78 is 2.00. The summed E-state index contributed by atoms with van der Waals surface area (Å²) in [6, 6.07) is 0.341. The van der Waals surface area contributed by atoms with E-state index in [9.17, 15) is 0 Å². The fourth-order valence-corrected chi connectivity index (χ4v) is 2.53. The number of hydrogen-bond donors (Lipinski definition) is 2. The van der Waals surface area contributed by atoms with Crippen LogP contribution >= 0.6 is 11.8 Å². The molecule has 1 aliphatic rings. The monoisotopic (exact) mass is 213 g/mol. The maximum atomic E-state index is 4.18. The van der Waals surface area contributed by atoms with Crippen LogP contribution in [0.4, 0.5) is 5.95 Å². The SMILES string of the molecule is CNc1nnc(C2CSCCN2)n1C. The first-order valence-electron chi connectivity index (χ1n) is 4.71. The van der Waals surface area contributed by atoms with Gasteiger partial charge in [-0.25, -0.2) is 0 Å². The average Bonchev–Trinajstić information content (AvgIpc) is 2.61. The van der Waals surface area contributed by atoms with Crippen LogP contribution in [0.25, 0.3) is 0 Å². The van der Waals surface area contributed by atoms with E-state index in [1.165, 1.54) is 5.75 Å². The Morgan fingerprint density at radius 2 is 2.43 bits per heavy atom. The van der Waals surface area contributed by atoms with E-state index in [0.29, 0.717) is 6.04 Å². The zero-order chi connectivity index (χ0) is 9.97. The van der Waals surface area contributed by atoms with Crippen molar-refractivity contribution < 1.29 is 0 Å². The normalized spacial score (nSPS) is 22.3. The summed E-state index contributed by atoms with van der Waals surface area (Å²) in [6.45, 7) is 1.05. The van der Waals surface area contributed by atoms with Crippen molar-refractivity contribution in [3.8, 4) is 0 Å². The molecule has 1 fully saturated rings. The highest BCUT2D eigenvalue weighted by molar-refractivity contribution is 7.99. The van der Waals surface area contributed by atoms with E-state index in [1.54, 1.807) is 0 Å². The lowest BCUT2D eigenvalue weighted by Crippen LogP contribution is -2.32. The van der Waals surface area contributed by atoms with E-state index in [2.05, 4.69) is 20.8 Å². The number of anilines is 1. The number of aromatic nitrogens is 3. The molecule has 0 radical (unpaired) electrons. The lowest BCUT2D eigenvalue weighted by atomic mass is 10.3. The Hall–Kier alpha value is -0.750. The van der Waals surface area contributed by atoms with E-state index in [-0.39, 0.29) is 0 Å². The van der Waals surface area contributed by atoms with Crippen molar-refractivity contribution in [2.45, 2.75) is 6.04 Å². The Morgan fingerprint density at radius 1 is 1.57 bits per heavy atom. The summed E-state index contributed by atoms with van der Waals surface area (Å²) >= 11 is 1.96. The third kappa shape index (κ3) is 1.72. The molecule has 2 N–H and O–H groups in total. The van der Waals surface area contributed by atoms with Crippen LogP contribution in [0.15, 0.2) is 0 Å². The number of hydrogen-bond acceptors (Lipinski definition) is 5. The van der Waals surface area contributed by atoms with E-state index in [4.69, 9.17) is 0 Å². The van der Waals surface area contributed by atoms with Crippen molar-refractivity contribution in [3.05, 3.63) is 5.82 Å². The minimum absolute atomic E-state index is 0.341. The molecule has 1 saturated heterocycles. The molecule has 1 aromatic rings. The van der Waals surface area contributed by atoms with Gasteiger partial charge in [0.1, 0.15) is 0 Å². The Bertz CT molecular complexity index is 305. The first-order chi connectivity index (χ1) is 6.83. The standard InChI is InChI=1S/C8H15N5S/c1-9-8-12-11-7(13(8)2)6-5-14-4-3-10-6/h6,10H,3-5H2,1-2H3,(H,9,12). The van der Waals surface area contributed by atoms with Crippen molar-refractivity contribution in [1.29, 1.82) is 0 Å². The Balaban J connectivity index is 2.18. The summed E-state index contributed by atoms with van der Waals surface area (Å²) in [5, 5.41) is 14.7. The molecule has 0 spiro atoms. The highest BCUT2D eigenvalue weighted by Crippen LogP contribution is 2.21. The molecule has 2 heterocycles. The maximum absolute atomic E-state index is 4.18. The fraction of sp³-hybridized carbons (Fsp3) is 0.750. The molecular weight excluding hydrogens is 198 g/mol. The molecule has 0 saturated carbocycles. The van der Waals surface area contributed by atoms with Crippen LogP contribution < -0.4 is 10.6 Å². The quantitative estimate of drug-likeness (QED) is 0.737. The molecule has 14 heavy (non-hydrogen) atoms. The molecule has 0 aliphatic carbocycles. The Labute approximate surface area is 87.7 Å². The second-order valence-corrected chi connectivity index (χ2v) is 4.42. The Kier molecular flexibility index (Phi) is 2.93. The number of rotatable bonds is 2. The van der Waals surface area contributed by atoms with Crippen molar-refractivity contribution >= 4 is 17.7 Å². The minimum atomic E-state index is 0.341. The van der Waals surface area contributed by atoms with Gasteiger partial charge >= 0.3 is 0 Å². The second kappa shape index (κ2) is 4.18. The molecule has 1 aliphatic heterocycles. The van der Waals surface area contributed by atoms with Crippen LogP contribution in [0.5, 0.6) is 0 Å². The average molecular weight is 213 g/mol. The van der Waals surface area contributed by atoms with Crippen molar-refractivity contribution in [2.75, 3.05) is 30.4 Å². The molecule has 1 unspecified atom stereocenters. The van der Waals surface area contributed by atoms with Crippen molar-refractivity contribution in [1.82, 2.24) is 20.1 Å². The van der Waals surface area contributed by atoms with Crippen molar-refractivity contribution in [2.24, 2.45) is 7.05 Å². The van der Waals surface area contributed by atoms with Gasteiger partial charge in [0.05, 0.1) is 6.04 Å². The van der Waals surface area contributed by atoms with Crippen LogP contribution in [0.1, 0.15) is 11.9 Å². The van der Waals surface area contributed by atoms with Crippen LogP contribution in [-0.4, -0.2) is 39.9 Å². The third-order valence-corrected chi connectivity index (χ3v) is 3.43. The summed E-state index contributed by atoms with van der Waals surface area (Å²) in [4.78, 5) is 0. The highest BCUT2D eigenvalue weighted by Gasteiger charge is 2.20. The van der Waals surface area contributed by atoms with Gasteiger partial charge in [-0.05, 0) is 0 Å². The van der Waals surface area contributed by atoms with Crippen LogP contribution in [-0.2, 0) is 7.05 Å². The van der Waals surface area contributed by atoms with E-state index in [0.717, 1.165) is 24.1 Å². The van der Waals surface area contributed by atoms with Crippen molar-refractivity contribution in [3.63, 3.8) is 0 Å². The minimum Gasteiger partial charge on any atom is -0.357 e. The molecule has 2 rings (SSSR count). The van der Waals surface area contributed by atoms with Gasteiger partial charge < -0.3 is 10.6 Å². The maximum Gasteiger partial charge on any atom is 0.224 e. The fourth-order valence-electron chi connectivity index (χ4n) is 1.59. The molecule has 5 nitrogen and oxygen atoms in total. The molecule has 78 valence electrons. The lowest BCUT2D eigenvalue weighted by Gasteiger charge is -2.22. The first-order valence-corrected chi connectivity index (χ1v) is 5.86. The van der Waals surface area contributed by atoms with Gasteiger partial charge in [0.25, 0.3) is 0 Å². The number of thioether (sulfide) groups is 1. The van der Waals surface area contributed by atoms with Crippen LogP contribution in [0, 0.1) is 0 Å². The number of nitrogens with one attached hydrogen (secondary N) is 2. The molecule has 1 aromatic heterocycles. The largest absolute Gasteiger partial charge is 0.357 e. The molecular formula is C8H15N5S. The molecule has 0 aromatic carbocycles. The molecule has 6 heteroatoms. The van der Waals surface area contributed by atoms with Gasteiger partial charge in [0.15, 0.2) is 5.82 Å².